The Hall–Kier alpha value is -2.47. The van der Waals surface area contributed by atoms with Crippen LogP contribution in [0.25, 0.3) is 0 Å². The molecule has 1 unspecified atom stereocenters. The first-order chi connectivity index (χ1) is 11.3. The van der Waals surface area contributed by atoms with E-state index in [0.717, 1.165) is 16.8 Å². The lowest BCUT2D eigenvalue weighted by atomic mass is 10.0. The minimum atomic E-state index is -0.609. The maximum atomic E-state index is 12.3. The second-order valence-corrected chi connectivity index (χ2v) is 6.73. The summed E-state index contributed by atoms with van der Waals surface area (Å²) in [4.78, 5) is 24.5. The van der Waals surface area contributed by atoms with Crippen LogP contribution >= 0.6 is 11.6 Å². The zero-order chi connectivity index (χ0) is 17.3. The van der Waals surface area contributed by atoms with Crippen LogP contribution in [0.3, 0.4) is 0 Å². The number of aromatic nitrogens is 2. The molecule has 24 heavy (non-hydrogen) atoms. The molecular formula is C17H17ClN4O2. The Bertz CT molecular complexity index is 814. The van der Waals surface area contributed by atoms with Crippen molar-refractivity contribution in [2.75, 3.05) is 5.32 Å². The van der Waals surface area contributed by atoms with Gasteiger partial charge < -0.3 is 10.1 Å². The first-order valence-corrected chi connectivity index (χ1v) is 7.85. The summed E-state index contributed by atoms with van der Waals surface area (Å²) in [6, 6.07) is 6.74. The fourth-order valence-corrected chi connectivity index (χ4v) is 2.49. The number of nitrogens with one attached hydrogen (secondary N) is 1. The average molecular weight is 345 g/mol. The molecule has 0 saturated carbocycles. The number of rotatable bonds is 3. The van der Waals surface area contributed by atoms with E-state index in [1.807, 2.05) is 39.0 Å². The van der Waals surface area contributed by atoms with Gasteiger partial charge in [-0.3, -0.25) is 4.99 Å². The summed E-state index contributed by atoms with van der Waals surface area (Å²) in [7, 11) is 0. The third-order valence-electron chi connectivity index (χ3n) is 3.27. The van der Waals surface area contributed by atoms with E-state index in [0.29, 0.717) is 5.82 Å². The molecule has 7 heteroatoms. The number of nitrogens with zero attached hydrogens (tertiary/aromatic N) is 3. The lowest BCUT2D eigenvalue weighted by Crippen LogP contribution is -2.26. The molecule has 1 atom stereocenters. The predicted octanol–water partition coefficient (Wildman–Crippen LogP) is 3.69. The number of carbonyl (C=O) groups is 1. The maximum absolute atomic E-state index is 12.3. The highest BCUT2D eigenvalue weighted by Gasteiger charge is 2.30. The van der Waals surface area contributed by atoms with Crippen molar-refractivity contribution in [3.8, 4) is 0 Å². The van der Waals surface area contributed by atoms with E-state index in [4.69, 9.17) is 16.3 Å². The van der Waals surface area contributed by atoms with Gasteiger partial charge in [-0.05, 0) is 56.1 Å². The monoisotopic (exact) mass is 344 g/mol. The molecule has 1 aromatic carbocycles. The molecule has 1 aromatic heterocycles. The minimum absolute atomic E-state index is 0.174. The highest BCUT2D eigenvalue weighted by molar-refractivity contribution is 6.28. The van der Waals surface area contributed by atoms with E-state index in [1.165, 1.54) is 0 Å². The van der Waals surface area contributed by atoms with Crippen LogP contribution < -0.4 is 5.32 Å². The normalized spacial score (nSPS) is 15.9. The molecule has 2 heterocycles. The first kappa shape index (κ1) is 16.4. The Balaban J connectivity index is 1.78. The highest BCUT2D eigenvalue weighted by Crippen LogP contribution is 2.31. The SMILES string of the molecule is CC(C)(C)OC(=O)C1N=Cc2cc(Nc3ccnc(Cl)n3)ccc21. The van der Waals surface area contributed by atoms with Gasteiger partial charge in [-0.2, -0.15) is 0 Å². The fraction of sp³-hybridized carbons (Fsp3) is 0.294. The standard InChI is InChI=1S/C17H17ClN4O2/c1-17(2,3)24-15(23)14-12-5-4-11(8-10(12)9-20-14)21-13-6-7-19-16(18)22-13/h4-9,14H,1-3H3,(H,19,21,22). The van der Waals surface area contributed by atoms with Crippen molar-refractivity contribution in [1.82, 2.24) is 9.97 Å². The van der Waals surface area contributed by atoms with Crippen molar-refractivity contribution in [2.24, 2.45) is 4.99 Å². The molecule has 0 amide bonds. The second kappa shape index (κ2) is 6.20. The van der Waals surface area contributed by atoms with Gasteiger partial charge in [0.15, 0.2) is 6.04 Å². The van der Waals surface area contributed by atoms with Crippen LogP contribution in [-0.2, 0) is 9.53 Å². The highest BCUT2D eigenvalue weighted by atomic mass is 35.5. The van der Waals surface area contributed by atoms with Gasteiger partial charge in [0.2, 0.25) is 5.28 Å². The lowest BCUT2D eigenvalue weighted by molar-refractivity contribution is -0.156. The van der Waals surface area contributed by atoms with Gasteiger partial charge in [-0.25, -0.2) is 14.8 Å². The molecule has 0 spiro atoms. The van der Waals surface area contributed by atoms with Crippen molar-refractivity contribution in [3.05, 3.63) is 46.9 Å². The van der Waals surface area contributed by atoms with Crippen molar-refractivity contribution in [3.63, 3.8) is 0 Å². The third-order valence-corrected chi connectivity index (χ3v) is 3.45. The van der Waals surface area contributed by atoms with Crippen LogP contribution in [0.4, 0.5) is 11.5 Å². The largest absolute Gasteiger partial charge is 0.458 e. The van der Waals surface area contributed by atoms with Crippen LogP contribution in [0.15, 0.2) is 35.5 Å². The number of benzene rings is 1. The summed E-state index contributed by atoms with van der Waals surface area (Å²) >= 11 is 5.78. The van der Waals surface area contributed by atoms with E-state index in [9.17, 15) is 4.79 Å². The number of fused-ring (bicyclic) bond motifs is 1. The molecule has 0 fully saturated rings. The van der Waals surface area contributed by atoms with Gasteiger partial charge in [0, 0.05) is 23.7 Å². The molecule has 0 aliphatic carbocycles. The number of aliphatic imine (C=N–C) groups is 1. The van der Waals surface area contributed by atoms with Gasteiger partial charge in [0.25, 0.3) is 0 Å². The molecule has 3 rings (SSSR count). The zero-order valence-electron chi connectivity index (χ0n) is 13.6. The summed E-state index contributed by atoms with van der Waals surface area (Å²) in [5.74, 6) is 0.245. The van der Waals surface area contributed by atoms with Crippen molar-refractivity contribution < 1.29 is 9.53 Å². The van der Waals surface area contributed by atoms with Crippen molar-refractivity contribution in [2.45, 2.75) is 32.4 Å². The summed E-state index contributed by atoms with van der Waals surface area (Å²) in [5.41, 5.74) is 1.98. The van der Waals surface area contributed by atoms with Crippen LogP contribution in [0.1, 0.15) is 37.9 Å². The lowest BCUT2D eigenvalue weighted by Gasteiger charge is -2.21. The summed E-state index contributed by atoms with van der Waals surface area (Å²) < 4.78 is 5.42. The number of halogens is 1. The van der Waals surface area contributed by atoms with Crippen molar-refractivity contribution >= 4 is 35.3 Å². The first-order valence-electron chi connectivity index (χ1n) is 7.47. The van der Waals surface area contributed by atoms with E-state index in [-0.39, 0.29) is 11.3 Å². The van der Waals surface area contributed by atoms with E-state index < -0.39 is 11.6 Å². The number of hydrogen-bond donors (Lipinski definition) is 1. The fourth-order valence-electron chi connectivity index (χ4n) is 2.35. The number of ether oxygens (including phenoxy) is 1. The third kappa shape index (κ3) is 3.71. The van der Waals surface area contributed by atoms with E-state index in [1.54, 1.807) is 18.5 Å². The molecule has 0 radical (unpaired) electrons. The van der Waals surface area contributed by atoms with Gasteiger partial charge in [-0.1, -0.05) is 6.07 Å². The summed E-state index contributed by atoms with van der Waals surface area (Å²) in [5, 5.41) is 3.32. The smallest absolute Gasteiger partial charge is 0.336 e. The Kier molecular flexibility index (Phi) is 4.24. The number of hydrogen-bond acceptors (Lipinski definition) is 6. The molecule has 0 saturated heterocycles. The van der Waals surface area contributed by atoms with Crippen LogP contribution in [-0.4, -0.2) is 27.8 Å². The minimum Gasteiger partial charge on any atom is -0.458 e. The predicted molar refractivity (Wildman–Crippen MR) is 92.9 cm³/mol. The summed E-state index contributed by atoms with van der Waals surface area (Å²) in [6.45, 7) is 5.51. The molecule has 1 aliphatic heterocycles. The zero-order valence-corrected chi connectivity index (χ0v) is 14.3. The Morgan fingerprint density at radius 2 is 2.08 bits per heavy atom. The van der Waals surface area contributed by atoms with Gasteiger partial charge >= 0.3 is 5.97 Å². The van der Waals surface area contributed by atoms with E-state index >= 15 is 0 Å². The maximum Gasteiger partial charge on any atom is 0.336 e. The van der Waals surface area contributed by atoms with Crippen LogP contribution in [0.2, 0.25) is 5.28 Å². The number of carbonyl (C=O) groups excluding carboxylic acids is 1. The Morgan fingerprint density at radius 1 is 1.29 bits per heavy atom. The molecular weight excluding hydrogens is 328 g/mol. The van der Waals surface area contributed by atoms with Crippen LogP contribution in [0, 0.1) is 0 Å². The number of esters is 1. The molecule has 1 N–H and O–H groups in total. The molecule has 0 bridgehead atoms. The van der Waals surface area contributed by atoms with Crippen molar-refractivity contribution in [1.29, 1.82) is 0 Å². The molecule has 2 aromatic rings. The Morgan fingerprint density at radius 3 is 2.79 bits per heavy atom. The quantitative estimate of drug-likeness (QED) is 0.678. The molecule has 1 aliphatic rings. The van der Waals surface area contributed by atoms with Gasteiger partial charge in [0.05, 0.1) is 0 Å². The summed E-state index contributed by atoms with van der Waals surface area (Å²) in [6.07, 6.45) is 3.26. The second-order valence-electron chi connectivity index (χ2n) is 6.39. The van der Waals surface area contributed by atoms with E-state index in [2.05, 4.69) is 20.3 Å². The Labute approximate surface area is 145 Å². The van der Waals surface area contributed by atoms with Gasteiger partial charge in [0.1, 0.15) is 11.4 Å². The van der Waals surface area contributed by atoms with Crippen LogP contribution in [0.5, 0.6) is 0 Å². The average Bonchev–Trinajstić information content (AvgIpc) is 2.88. The topological polar surface area (TPSA) is 76.5 Å². The molecule has 124 valence electrons. The number of anilines is 2. The van der Waals surface area contributed by atoms with Gasteiger partial charge in [-0.15, -0.1) is 0 Å². The molecule has 6 nitrogen and oxygen atoms in total.